The Labute approximate surface area is 150 Å². The normalized spacial score (nSPS) is 14.8. The van der Waals surface area contributed by atoms with Gasteiger partial charge in [0.15, 0.2) is 0 Å². The van der Waals surface area contributed by atoms with Crippen molar-refractivity contribution in [3.63, 3.8) is 0 Å². The predicted octanol–water partition coefficient (Wildman–Crippen LogP) is 4.48. The minimum atomic E-state index is 0.148. The number of aromatic nitrogens is 2. The van der Waals surface area contributed by atoms with Crippen LogP contribution in [0.5, 0.6) is 0 Å². The molecule has 0 bridgehead atoms. The first-order chi connectivity index (χ1) is 12.1. The molecule has 4 rings (SSSR count). The molecule has 0 spiro atoms. The summed E-state index contributed by atoms with van der Waals surface area (Å²) < 4.78 is 2.02. The van der Waals surface area contributed by atoms with Crippen LogP contribution in [-0.2, 0) is 6.54 Å². The molecule has 0 fully saturated rings. The summed E-state index contributed by atoms with van der Waals surface area (Å²) in [5, 5.41) is 19.8. The van der Waals surface area contributed by atoms with Gasteiger partial charge in [0.1, 0.15) is 17.4 Å². The van der Waals surface area contributed by atoms with Gasteiger partial charge in [0, 0.05) is 17.3 Å². The third kappa shape index (κ3) is 2.48. The second kappa shape index (κ2) is 5.93. The summed E-state index contributed by atoms with van der Waals surface area (Å²) in [5.74, 6) is 0.996. The van der Waals surface area contributed by atoms with Crippen LogP contribution >= 0.6 is 11.6 Å². The van der Waals surface area contributed by atoms with Gasteiger partial charge in [0.2, 0.25) is 0 Å². The molecule has 2 aromatic carbocycles. The predicted molar refractivity (Wildman–Crippen MR) is 101 cm³/mol. The van der Waals surface area contributed by atoms with E-state index in [1.807, 2.05) is 47.9 Å². The number of nitrogens with one attached hydrogen (secondary N) is 1. The highest BCUT2D eigenvalue weighted by Gasteiger charge is 2.32. The van der Waals surface area contributed by atoms with Crippen LogP contribution in [0.3, 0.4) is 0 Å². The van der Waals surface area contributed by atoms with Gasteiger partial charge in [-0.15, -0.1) is 0 Å². The number of halogens is 1. The number of hydrogen-bond donors (Lipinski definition) is 2. The summed E-state index contributed by atoms with van der Waals surface area (Å²) in [6, 6.07) is 15.1. The van der Waals surface area contributed by atoms with Crippen LogP contribution in [0.15, 0.2) is 54.3 Å². The van der Waals surface area contributed by atoms with Gasteiger partial charge in [0.25, 0.3) is 0 Å². The molecule has 25 heavy (non-hydrogen) atoms. The van der Waals surface area contributed by atoms with Gasteiger partial charge < -0.3 is 14.6 Å². The molecule has 0 atom stereocenters. The molecular weight excluding hydrogens is 336 g/mol. The summed E-state index contributed by atoms with van der Waals surface area (Å²) in [7, 11) is 0. The van der Waals surface area contributed by atoms with Crippen molar-refractivity contribution in [1.29, 1.82) is 5.41 Å². The van der Waals surface area contributed by atoms with Crippen LogP contribution in [0, 0.1) is 5.41 Å². The molecule has 0 radical (unpaired) electrons. The van der Waals surface area contributed by atoms with Gasteiger partial charge in [-0.2, -0.15) is 0 Å². The zero-order valence-electron chi connectivity index (χ0n) is 13.7. The van der Waals surface area contributed by atoms with E-state index in [0.29, 0.717) is 23.0 Å². The molecule has 0 amide bonds. The van der Waals surface area contributed by atoms with Gasteiger partial charge in [0.05, 0.1) is 23.2 Å². The number of rotatable bonds is 3. The van der Waals surface area contributed by atoms with Gasteiger partial charge in [-0.3, -0.25) is 5.41 Å². The van der Waals surface area contributed by atoms with Crippen molar-refractivity contribution >= 4 is 39.7 Å². The van der Waals surface area contributed by atoms with Crippen molar-refractivity contribution < 1.29 is 5.11 Å². The molecule has 0 aliphatic carbocycles. The average Bonchev–Trinajstić information content (AvgIpc) is 3.11. The average molecular weight is 353 g/mol. The van der Waals surface area contributed by atoms with E-state index in [9.17, 15) is 5.11 Å². The fraction of sp³-hybridized carbons (Fsp3) is 0.158. The van der Waals surface area contributed by atoms with Gasteiger partial charge in [-0.05, 0) is 37.3 Å². The first-order valence-electron chi connectivity index (χ1n) is 8.10. The number of amidine groups is 1. The smallest absolute Gasteiger partial charge is 0.148 e. The maximum atomic E-state index is 10.6. The monoisotopic (exact) mass is 352 g/mol. The highest BCUT2D eigenvalue weighted by atomic mass is 35.5. The minimum Gasteiger partial charge on any atom is -0.509 e. The Balaban J connectivity index is 1.81. The Morgan fingerprint density at radius 3 is 2.76 bits per heavy atom. The van der Waals surface area contributed by atoms with E-state index in [1.54, 1.807) is 17.0 Å². The number of aliphatic hydroxyl groups excluding tert-OH is 1. The number of hydrogen-bond acceptors (Lipinski definition) is 3. The van der Waals surface area contributed by atoms with E-state index in [4.69, 9.17) is 17.0 Å². The Bertz CT molecular complexity index is 1020. The van der Waals surface area contributed by atoms with Crippen LogP contribution in [0.4, 0.5) is 5.69 Å². The third-order valence-electron chi connectivity index (χ3n) is 4.42. The Morgan fingerprint density at radius 2 is 2.00 bits per heavy atom. The van der Waals surface area contributed by atoms with E-state index >= 15 is 0 Å². The van der Waals surface area contributed by atoms with E-state index in [1.165, 1.54) is 0 Å². The molecule has 1 aromatic heterocycles. The van der Waals surface area contributed by atoms with E-state index in [2.05, 4.69) is 4.98 Å². The molecule has 3 aromatic rings. The van der Waals surface area contributed by atoms with Crippen molar-refractivity contribution in [2.75, 3.05) is 11.4 Å². The number of aliphatic hydroxyl groups is 1. The molecule has 5 nitrogen and oxygen atoms in total. The maximum Gasteiger partial charge on any atom is 0.148 e. The van der Waals surface area contributed by atoms with Crippen LogP contribution in [0.1, 0.15) is 12.7 Å². The van der Waals surface area contributed by atoms with Gasteiger partial charge >= 0.3 is 0 Å². The number of benzene rings is 2. The van der Waals surface area contributed by atoms with Crippen molar-refractivity contribution in [3.8, 4) is 0 Å². The fourth-order valence-corrected chi connectivity index (χ4v) is 3.45. The molecule has 1 aliphatic heterocycles. The lowest BCUT2D eigenvalue weighted by molar-refractivity contribution is 0.411. The molecule has 0 saturated carbocycles. The SMILES string of the molecule is CCn1c(C2=C(O)CN(c3cccc(Cl)c3)C2=N)nc2ccccc21. The van der Waals surface area contributed by atoms with Crippen LogP contribution in [0.2, 0.25) is 5.02 Å². The standard InChI is InChI=1S/C19H17ClN4O/c1-2-23-15-9-4-3-8-14(15)22-19(23)17-16(25)11-24(18(17)21)13-7-5-6-12(20)10-13/h3-10,21,25H,2,11H2,1H3. The minimum absolute atomic E-state index is 0.148. The van der Waals surface area contributed by atoms with Crippen molar-refractivity contribution in [1.82, 2.24) is 9.55 Å². The highest BCUT2D eigenvalue weighted by molar-refractivity contribution is 6.32. The molecule has 1 aliphatic rings. The third-order valence-corrected chi connectivity index (χ3v) is 4.65. The Morgan fingerprint density at radius 1 is 1.20 bits per heavy atom. The molecule has 0 unspecified atom stereocenters. The van der Waals surface area contributed by atoms with Gasteiger partial charge in [-0.25, -0.2) is 4.98 Å². The topological polar surface area (TPSA) is 65.1 Å². The second-order valence-electron chi connectivity index (χ2n) is 5.90. The lowest BCUT2D eigenvalue weighted by Crippen LogP contribution is -2.26. The number of para-hydroxylation sites is 2. The fourth-order valence-electron chi connectivity index (χ4n) is 3.27. The van der Waals surface area contributed by atoms with E-state index in [0.717, 1.165) is 16.7 Å². The summed E-state index contributed by atoms with van der Waals surface area (Å²) in [5.41, 5.74) is 3.10. The van der Waals surface area contributed by atoms with E-state index < -0.39 is 0 Å². The molecule has 2 heterocycles. The summed E-state index contributed by atoms with van der Waals surface area (Å²) in [6.45, 7) is 2.97. The molecule has 2 N–H and O–H groups in total. The lowest BCUT2D eigenvalue weighted by atomic mass is 10.2. The zero-order valence-corrected chi connectivity index (χ0v) is 14.5. The zero-order chi connectivity index (χ0) is 17.6. The lowest BCUT2D eigenvalue weighted by Gasteiger charge is -2.19. The van der Waals surface area contributed by atoms with Crippen LogP contribution < -0.4 is 4.90 Å². The number of nitrogens with zero attached hydrogens (tertiary/aromatic N) is 3. The van der Waals surface area contributed by atoms with Crippen molar-refractivity contribution in [2.24, 2.45) is 0 Å². The quantitative estimate of drug-likeness (QED) is 0.730. The number of imidazole rings is 1. The Hall–Kier alpha value is -2.79. The summed E-state index contributed by atoms with van der Waals surface area (Å²) in [4.78, 5) is 6.40. The van der Waals surface area contributed by atoms with E-state index in [-0.39, 0.29) is 18.1 Å². The molecule has 0 saturated heterocycles. The first kappa shape index (κ1) is 15.7. The summed E-state index contributed by atoms with van der Waals surface area (Å²) >= 11 is 6.07. The largest absolute Gasteiger partial charge is 0.509 e. The van der Waals surface area contributed by atoms with Crippen LogP contribution in [-0.4, -0.2) is 27.0 Å². The number of anilines is 1. The molecule has 6 heteroatoms. The maximum absolute atomic E-state index is 10.6. The van der Waals surface area contributed by atoms with Gasteiger partial charge in [-0.1, -0.05) is 29.8 Å². The molecule has 126 valence electrons. The van der Waals surface area contributed by atoms with Crippen molar-refractivity contribution in [3.05, 3.63) is 65.1 Å². The highest BCUT2D eigenvalue weighted by Crippen LogP contribution is 2.33. The summed E-state index contributed by atoms with van der Waals surface area (Å²) in [6.07, 6.45) is 0. The number of aryl methyl sites for hydroxylation is 1. The Kier molecular flexibility index (Phi) is 3.73. The number of fused-ring (bicyclic) bond motifs is 1. The first-order valence-corrected chi connectivity index (χ1v) is 8.47. The molecular formula is C19H17ClN4O. The van der Waals surface area contributed by atoms with Crippen LogP contribution in [0.25, 0.3) is 16.6 Å². The second-order valence-corrected chi connectivity index (χ2v) is 6.34. The van der Waals surface area contributed by atoms with Crippen molar-refractivity contribution in [2.45, 2.75) is 13.5 Å².